The lowest BCUT2D eigenvalue weighted by Gasteiger charge is -2.21. The molecule has 0 aliphatic carbocycles. The molecule has 0 spiro atoms. The summed E-state index contributed by atoms with van der Waals surface area (Å²) < 4.78 is 68.4. The zero-order valence-corrected chi connectivity index (χ0v) is 62.0. The Hall–Kier alpha value is -1.94. The molecule has 0 heterocycles. The van der Waals surface area contributed by atoms with Crippen molar-refractivity contribution in [1.29, 1.82) is 0 Å². The Morgan fingerprint density at radius 2 is 0.430 bits per heavy atom. The van der Waals surface area contributed by atoms with Gasteiger partial charge in [-0.1, -0.05) is 342 Å². The van der Waals surface area contributed by atoms with Gasteiger partial charge in [-0.3, -0.25) is 37.3 Å². The Morgan fingerprint density at radius 3 is 0.634 bits per heavy atom. The van der Waals surface area contributed by atoms with Gasteiger partial charge in [0.1, 0.15) is 19.3 Å². The van der Waals surface area contributed by atoms with Gasteiger partial charge in [-0.25, -0.2) is 9.13 Å². The number of phosphoric ester groups is 2. The van der Waals surface area contributed by atoms with Crippen LogP contribution in [0.15, 0.2) is 0 Å². The zero-order chi connectivity index (χ0) is 68.2. The van der Waals surface area contributed by atoms with Crippen LogP contribution in [0.5, 0.6) is 0 Å². The molecular weight excluding hydrogens is 1220 g/mol. The molecule has 93 heavy (non-hydrogen) atoms. The van der Waals surface area contributed by atoms with E-state index in [0.717, 1.165) is 103 Å². The highest BCUT2D eigenvalue weighted by Gasteiger charge is 2.30. The third-order valence-electron chi connectivity index (χ3n) is 17.4. The van der Waals surface area contributed by atoms with Gasteiger partial charge in [0.05, 0.1) is 26.4 Å². The number of unbranched alkanes of at least 4 members (excludes halogenated alkanes) is 49. The molecule has 0 fully saturated rings. The maximum absolute atomic E-state index is 13.1. The molecule has 0 aromatic heterocycles. The summed E-state index contributed by atoms with van der Waals surface area (Å²) in [5.74, 6) is -2.12. The van der Waals surface area contributed by atoms with E-state index in [1.165, 1.54) is 212 Å². The van der Waals surface area contributed by atoms with Crippen LogP contribution in [0.1, 0.15) is 394 Å². The summed E-state index contributed by atoms with van der Waals surface area (Å²) in [6, 6.07) is 0. The smallest absolute Gasteiger partial charge is 0.462 e. The average Bonchev–Trinajstić information content (AvgIpc) is 2.16. The third-order valence-corrected chi connectivity index (χ3v) is 19.3. The Labute approximate surface area is 568 Å². The van der Waals surface area contributed by atoms with Crippen molar-refractivity contribution in [1.82, 2.24) is 0 Å². The first-order chi connectivity index (χ1) is 45.2. The van der Waals surface area contributed by atoms with Crippen LogP contribution < -0.4 is 0 Å². The summed E-state index contributed by atoms with van der Waals surface area (Å²) in [6.45, 7) is 4.95. The highest BCUT2D eigenvalue weighted by atomic mass is 31.2. The van der Waals surface area contributed by atoms with E-state index in [1.54, 1.807) is 0 Å². The number of carbonyl (C=O) groups is 4. The van der Waals surface area contributed by atoms with Crippen molar-refractivity contribution in [2.45, 2.75) is 412 Å². The van der Waals surface area contributed by atoms with Gasteiger partial charge in [-0.05, 0) is 25.7 Å². The molecule has 0 aromatic rings. The van der Waals surface area contributed by atoms with Crippen molar-refractivity contribution in [3.63, 3.8) is 0 Å². The first kappa shape index (κ1) is 91.1. The minimum absolute atomic E-state index is 0.108. The van der Waals surface area contributed by atoms with Crippen LogP contribution in [0.4, 0.5) is 0 Å². The largest absolute Gasteiger partial charge is 0.472 e. The number of carbonyl (C=O) groups excluding carboxylic acids is 4. The molecule has 0 rings (SSSR count). The molecule has 0 aliphatic rings. The predicted octanol–water partition coefficient (Wildman–Crippen LogP) is 21.8. The topological polar surface area (TPSA) is 237 Å². The fourth-order valence-electron chi connectivity index (χ4n) is 11.4. The molecular formula is C74H144O17P2. The Kier molecular flexibility index (Phi) is 67.1. The molecule has 3 N–H and O–H groups in total. The Morgan fingerprint density at radius 1 is 0.258 bits per heavy atom. The van der Waals surface area contributed by atoms with Crippen LogP contribution in [-0.4, -0.2) is 96.7 Å². The van der Waals surface area contributed by atoms with E-state index in [2.05, 4.69) is 27.7 Å². The number of aliphatic hydroxyl groups excluding tert-OH is 1. The maximum atomic E-state index is 13.1. The summed E-state index contributed by atoms with van der Waals surface area (Å²) in [6.07, 6.45) is 58.3. The van der Waals surface area contributed by atoms with Gasteiger partial charge < -0.3 is 33.8 Å². The Balaban J connectivity index is 5.19. The molecule has 552 valence electrons. The van der Waals surface area contributed by atoms with Crippen molar-refractivity contribution >= 4 is 39.5 Å². The average molecular weight is 1370 g/mol. The molecule has 0 bridgehead atoms. The number of hydrogen-bond acceptors (Lipinski definition) is 15. The van der Waals surface area contributed by atoms with Crippen LogP contribution in [-0.2, 0) is 65.4 Å². The highest BCUT2D eigenvalue weighted by molar-refractivity contribution is 7.47. The van der Waals surface area contributed by atoms with Gasteiger partial charge in [0.2, 0.25) is 0 Å². The second kappa shape index (κ2) is 68.6. The molecule has 0 radical (unpaired) electrons. The standard InChI is InChI=1S/C74H144O17P2/c1-5-9-13-17-21-24-27-30-33-35-38-40-43-47-51-55-59-72(77)85-65-70(91-74(79)61-57-53-49-45-42-39-36-34-31-28-25-22-18-14-10-6-2)67-89-93(82,83)87-63-68(75)62-86-92(80,81)88-66-69(64-84-71(76)58-54-50-46-20-16-12-8-4)90-73(78)60-56-52-48-44-41-37-32-29-26-23-19-15-11-7-3/h68-70,75H,5-67H2,1-4H3,(H,80,81)(H,82,83)/t68-,69+,70+/m0/s1. The molecule has 0 aromatic carbocycles. The minimum atomic E-state index is -4.95. The van der Waals surface area contributed by atoms with Crippen molar-refractivity contribution in [2.24, 2.45) is 0 Å². The van der Waals surface area contributed by atoms with Crippen LogP contribution in [0.25, 0.3) is 0 Å². The number of ether oxygens (including phenoxy) is 4. The quantitative estimate of drug-likeness (QED) is 0.0222. The van der Waals surface area contributed by atoms with E-state index in [0.29, 0.717) is 25.7 Å². The van der Waals surface area contributed by atoms with Gasteiger partial charge in [-0.2, -0.15) is 0 Å². The monoisotopic (exact) mass is 1370 g/mol. The molecule has 0 saturated heterocycles. The molecule has 0 saturated carbocycles. The highest BCUT2D eigenvalue weighted by Crippen LogP contribution is 2.45. The van der Waals surface area contributed by atoms with Crippen LogP contribution in [0.2, 0.25) is 0 Å². The minimum Gasteiger partial charge on any atom is -0.462 e. The summed E-state index contributed by atoms with van der Waals surface area (Å²) in [4.78, 5) is 72.6. The van der Waals surface area contributed by atoms with Crippen molar-refractivity contribution in [3.05, 3.63) is 0 Å². The number of phosphoric acid groups is 2. The summed E-state index contributed by atoms with van der Waals surface area (Å²) in [5.41, 5.74) is 0. The van der Waals surface area contributed by atoms with E-state index in [9.17, 15) is 43.2 Å². The van der Waals surface area contributed by atoms with Crippen molar-refractivity contribution in [3.8, 4) is 0 Å². The van der Waals surface area contributed by atoms with Gasteiger partial charge in [0.15, 0.2) is 12.2 Å². The maximum Gasteiger partial charge on any atom is 0.472 e. The third kappa shape index (κ3) is 68.4. The fraction of sp³-hybridized carbons (Fsp3) is 0.946. The van der Waals surface area contributed by atoms with Gasteiger partial charge in [0, 0.05) is 25.7 Å². The molecule has 17 nitrogen and oxygen atoms in total. The lowest BCUT2D eigenvalue weighted by atomic mass is 10.0. The lowest BCUT2D eigenvalue weighted by Crippen LogP contribution is -2.30. The van der Waals surface area contributed by atoms with Gasteiger partial charge in [0.25, 0.3) is 0 Å². The van der Waals surface area contributed by atoms with E-state index >= 15 is 0 Å². The van der Waals surface area contributed by atoms with E-state index in [1.807, 2.05) is 0 Å². The second-order valence-electron chi connectivity index (χ2n) is 26.7. The molecule has 0 amide bonds. The number of rotatable bonds is 75. The van der Waals surface area contributed by atoms with Gasteiger partial charge >= 0.3 is 39.5 Å². The van der Waals surface area contributed by atoms with Crippen LogP contribution in [0, 0.1) is 0 Å². The second-order valence-corrected chi connectivity index (χ2v) is 29.6. The van der Waals surface area contributed by atoms with Gasteiger partial charge in [-0.15, -0.1) is 0 Å². The molecule has 0 aliphatic heterocycles. The summed E-state index contributed by atoms with van der Waals surface area (Å²) >= 11 is 0. The summed E-state index contributed by atoms with van der Waals surface area (Å²) in [5, 5.41) is 10.6. The Bertz CT molecular complexity index is 1770. The first-order valence-electron chi connectivity index (χ1n) is 38.8. The van der Waals surface area contributed by atoms with E-state index < -0.39 is 97.5 Å². The number of aliphatic hydroxyl groups is 1. The SMILES string of the molecule is CCCCCCCCCCCCCCCCCCC(=O)OC[C@H](COP(=O)(O)OC[C@@H](O)COP(=O)(O)OC[C@@H](COC(=O)CCCCCCCCC)OC(=O)CCCCCCCCCCCCCCCC)OC(=O)CCCCCCCCCCCCCCCCCC. The van der Waals surface area contributed by atoms with Crippen molar-refractivity contribution < 1.29 is 80.2 Å². The number of hydrogen-bond donors (Lipinski definition) is 3. The van der Waals surface area contributed by atoms with E-state index in [4.69, 9.17) is 37.0 Å². The number of esters is 4. The molecule has 5 atom stereocenters. The fourth-order valence-corrected chi connectivity index (χ4v) is 13.0. The van der Waals surface area contributed by atoms with Crippen LogP contribution in [0.3, 0.4) is 0 Å². The zero-order valence-electron chi connectivity index (χ0n) is 60.2. The lowest BCUT2D eigenvalue weighted by molar-refractivity contribution is -0.161. The molecule has 2 unspecified atom stereocenters. The van der Waals surface area contributed by atoms with E-state index in [-0.39, 0.29) is 25.7 Å². The summed E-state index contributed by atoms with van der Waals surface area (Å²) in [7, 11) is -9.90. The molecule has 19 heteroatoms. The normalized spacial score (nSPS) is 13.9. The first-order valence-corrected chi connectivity index (χ1v) is 41.8. The van der Waals surface area contributed by atoms with Crippen molar-refractivity contribution in [2.75, 3.05) is 39.6 Å². The predicted molar refractivity (Wildman–Crippen MR) is 377 cm³/mol. The van der Waals surface area contributed by atoms with Crippen LogP contribution >= 0.6 is 15.6 Å².